The highest BCUT2D eigenvalue weighted by Crippen LogP contribution is 2.44. The predicted molar refractivity (Wildman–Crippen MR) is 243 cm³/mol. The van der Waals surface area contributed by atoms with Crippen molar-refractivity contribution in [2.45, 2.75) is 83.6 Å². The van der Waals surface area contributed by atoms with E-state index in [9.17, 15) is 19.2 Å². The third-order valence-corrected chi connectivity index (χ3v) is 14.4. The number of thiophene rings is 2. The van der Waals surface area contributed by atoms with Gasteiger partial charge in [0.15, 0.2) is 0 Å². The molecule has 4 amide bonds. The van der Waals surface area contributed by atoms with Gasteiger partial charge in [-0.15, -0.1) is 22.7 Å². The van der Waals surface area contributed by atoms with Crippen molar-refractivity contribution in [3.63, 3.8) is 0 Å². The van der Waals surface area contributed by atoms with E-state index >= 15 is 0 Å². The van der Waals surface area contributed by atoms with Crippen molar-refractivity contribution in [2.24, 2.45) is 16.8 Å². The second-order valence-corrected chi connectivity index (χ2v) is 18.6. The third-order valence-electron chi connectivity index (χ3n) is 12.3. The Balaban J connectivity index is 0.911. The SMILES string of the molecule is COC(=O)N[C@H](C(=O)N1CCC[C@H]1C1=NCC(c2ccc(-c3csc4c(-c5ccc(-c6cnc([C@@H]7CCCN7C(=O)[C@@H](NC(=O)OC)C(C)C)[nH]6)cc5)csc34)cc2)N1)C(C)C. The molecule has 0 saturated carbocycles. The standard InChI is InChI=1S/C46H54N8O6S2/c1-25(2)37(51-45(57)59-5)43(55)53-19-7-9-35(53)41-47-21-33(49-41)29-15-11-27(12-16-29)31-23-61-40-32(24-62-39(31)40)28-13-17-30(18-14-28)34-22-48-42(50-34)36-10-8-20-54(36)44(56)38(26(3)4)52-46(58)60-6/h11-18,21,23-26,34-38H,7-10,19-20,22H2,1-6H3,(H,47,49)(H,48,50)(H,51,57)(H,52,58)/t34?,35-,36-,37-,38-/m0/s1. The molecule has 0 radical (unpaired) electrons. The largest absolute Gasteiger partial charge is 0.453 e. The zero-order chi connectivity index (χ0) is 43.7. The van der Waals surface area contributed by atoms with Gasteiger partial charge in [0.05, 0.1) is 60.2 Å². The topological polar surface area (TPSA) is 170 Å². The molecule has 62 heavy (non-hydrogen) atoms. The Bertz CT molecular complexity index is 2460. The average molecular weight is 879 g/mol. The van der Waals surface area contributed by atoms with E-state index in [0.29, 0.717) is 19.6 Å². The van der Waals surface area contributed by atoms with Gasteiger partial charge in [-0.2, -0.15) is 0 Å². The lowest BCUT2D eigenvalue weighted by Crippen LogP contribution is -2.54. The fourth-order valence-electron chi connectivity index (χ4n) is 8.83. The van der Waals surface area contributed by atoms with E-state index in [1.165, 1.54) is 34.7 Å². The molecular weight excluding hydrogens is 825 g/mol. The van der Waals surface area contributed by atoms with Gasteiger partial charge in [-0.05, 0) is 59.8 Å². The van der Waals surface area contributed by atoms with Gasteiger partial charge in [-0.25, -0.2) is 14.6 Å². The summed E-state index contributed by atoms with van der Waals surface area (Å²) in [5, 5.41) is 13.5. The Morgan fingerprint density at radius 1 is 0.726 bits per heavy atom. The number of amides is 4. The molecule has 0 bridgehead atoms. The highest BCUT2D eigenvalue weighted by atomic mass is 32.1. The Kier molecular flexibility index (Phi) is 12.7. The molecule has 2 saturated heterocycles. The second-order valence-electron chi connectivity index (χ2n) is 16.9. The molecule has 16 heteroatoms. The number of amidine groups is 1. The number of benzene rings is 2. The third kappa shape index (κ3) is 8.54. The van der Waals surface area contributed by atoms with Gasteiger partial charge in [0.25, 0.3) is 0 Å². The zero-order valence-corrected chi connectivity index (χ0v) is 37.5. The summed E-state index contributed by atoms with van der Waals surface area (Å²) >= 11 is 3.52. The highest BCUT2D eigenvalue weighted by molar-refractivity contribution is 7.27. The van der Waals surface area contributed by atoms with E-state index in [2.05, 4.69) is 80.2 Å². The molecule has 5 atom stereocenters. The number of H-pyrrole nitrogens is 1. The fourth-order valence-corrected chi connectivity index (χ4v) is 11.3. The summed E-state index contributed by atoms with van der Waals surface area (Å²) in [4.78, 5) is 68.0. The minimum Gasteiger partial charge on any atom is -0.453 e. The Labute approximate surface area is 369 Å². The van der Waals surface area contributed by atoms with E-state index in [0.717, 1.165) is 65.3 Å². The van der Waals surface area contributed by atoms with Crippen molar-refractivity contribution in [3.8, 4) is 33.5 Å². The van der Waals surface area contributed by atoms with Gasteiger partial charge in [-0.1, -0.05) is 76.2 Å². The number of ether oxygens (including phenoxy) is 2. The van der Waals surface area contributed by atoms with Crippen LogP contribution in [-0.4, -0.2) is 102 Å². The molecule has 6 heterocycles. The van der Waals surface area contributed by atoms with Gasteiger partial charge < -0.3 is 40.2 Å². The average Bonchev–Trinajstić information content (AvgIpc) is 4.14. The number of hydrogen-bond donors (Lipinski definition) is 4. The summed E-state index contributed by atoms with van der Waals surface area (Å²) in [6.07, 6.45) is 3.94. The number of hydrogen-bond acceptors (Lipinski definition) is 11. The number of likely N-dealkylation sites (tertiary alicyclic amines) is 2. The molecule has 3 aromatic heterocycles. The number of imidazole rings is 1. The predicted octanol–water partition coefficient (Wildman–Crippen LogP) is 8.15. The lowest BCUT2D eigenvalue weighted by Gasteiger charge is -2.31. The number of fused-ring (bicyclic) bond motifs is 1. The quantitative estimate of drug-likeness (QED) is 0.0974. The van der Waals surface area contributed by atoms with Crippen LogP contribution >= 0.6 is 22.7 Å². The summed E-state index contributed by atoms with van der Waals surface area (Å²) in [6.45, 7) is 9.47. The number of rotatable bonds is 12. The minimum atomic E-state index is -0.683. The first kappa shape index (κ1) is 42.9. The van der Waals surface area contributed by atoms with Crippen molar-refractivity contribution in [1.82, 2.24) is 35.7 Å². The van der Waals surface area contributed by atoms with E-state index in [-0.39, 0.29) is 41.8 Å². The lowest BCUT2D eigenvalue weighted by atomic mass is 10.0. The molecule has 326 valence electrons. The normalized spacial score (nSPS) is 19.7. The van der Waals surface area contributed by atoms with Crippen LogP contribution in [0.3, 0.4) is 0 Å². The molecule has 14 nitrogen and oxygen atoms in total. The number of nitrogens with one attached hydrogen (secondary N) is 4. The number of alkyl carbamates (subject to hydrolysis) is 2. The first-order valence-electron chi connectivity index (χ1n) is 21.3. The monoisotopic (exact) mass is 878 g/mol. The Hall–Kier alpha value is -5.74. The summed E-state index contributed by atoms with van der Waals surface area (Å²) in [7, 11) is 2.60. The first-order valence-corrected chi connectivity index (χ1v) is 23.1. The molecule has 0 spiro atoms. The van der Waals surface area contributed by atoms with Gasteiger partial charge >= 0.3 is 12.2 Å². The Morgan fingerprint density at radius 3 is 1.76 bits per heavy atom. The zero-order valence-electron chi connectivity index (χ0n) is 35.9. The molecular formula is C46H54N8O6S2. The number of aromatic amines is 1. The molecule has 0 aliphatic carbocycles. The lowest BCUT2D eigenvalue weighted by molar-refractivity contribution is -0.135. The van der Waals surface area contributed by atoms with E-state index in [1.54, 1.807) is 22.7 Å². The van der Waals surface area contributed by atoms with Crippen LogP contribution in [0.25, 0.3) is 42.9 Å². The fraction of sp³-hybridized carbons (Fsp3) is 0.435. The van der Waals surface area contributed by atoms with Crippen LogP contribution in [0.5, 0.6) is 0 Å². The number of aliphatic imine (C=N–C) groups is 1. The van der Waals surface area contributed by atoms with Crippen molar-refractivity contribution in [3.05, 3.63) is 76.9 Å². The molecule has 4 N–H and O–H groups in total. The summed E-state index contributed by atoms with van der Waals surface area (Å²) in [6, 6.07) is 15.5. The molecule has 3 aliphatic heterocycles. The van der Waals surface area contributed by atoms with Gasteiger partial charge in [0, 0.05) is 35.0 Å². The number of methoxy groups -OCH3 is 2. The maximum atomic E-state index is 13.6. The van der Waals surface area contributed by atoms with Crippen LogP contribution in [0.2, 0.25) is 0 Å². The molecule has 5 aromatic rings. The van der Waals surface area contributed by atoms with E-state index < -0.39 is 24.3 Å². The number of aromatic nitrogens is 2. The molecule has 2 fully saturated rings. The number of nitrogens with zero attached hydrogens (tertiary/aromatic N) is 4. The maximum Gasteiger partial charge on any atom is 0.407 e. The van der Waals surface area contributed by atoms with Crippen LogP contribution in [0.15, 0.2) is 70.5 Å². The van der Waals surface area contributed by atoms with Crippen LogP contribution in [-0.2, 0) is 19.1 Å². The van der Waals surface area contributed by atoms with Gasteiger partial charge in [0.1, 0.15) is 23.7 Å². The van der Waals surface area contributed by atoms with Crippen LogP contribution in [0, 0.1) is 11.8 Å². The summed E-state index contributed by atoms with van der Waals surface area (Å²) < 4.78 is 12.1. The van der Waals surface area contributed by atoms with E-state index in [1.807, 2.05) is 43.7 Å². The van der Waals surface area contributed by atoms with Gasteiger partial charge in [-0.3, -0.25) is 14.6 Å². The number of carbonyl (C=O) groups is 4. The number of carbonyl (C=O) groups excluding carboxylic acids is 4. The van der Waals surface area contributed by atoms with Gasteiger partial charge in [0.2, 0.25) is 11.8 Å². The van der Waals surface area contributed by atoms with Crippen LogP contribution in [0.1, 0.15) is 76.8 Å². The van der Waals surface area contributed by atoms with Crippen molar-refractivity contribution >= 4 is 61.9 Å². The molecule has 2 aromatic carbocycles. The second kappa shape index (κ2) is 18.3. The molecule has 8 rings (SSSR count). The summed E-state index contributed by atoms with van der Waals surface area (Å²) in [5.74, 6) is 1.14. The van der Waals surface area contributed by atoms with E-state index in [4.69, 9.17) is 19.5 Å². The first-order chi connectivity index (χ1) is 29.9. The van der Waals surface area contributed by atoms with Crippen molar-refractivity contribution in [1.29, 1.82) is 0 Å². The smallest absolute Gasteiger partial charge is 0.407 e. The van der Waals surface area contributed by atoms with Crippen LogP contribution < -0.4 is 16.0 Å². The maximum absolute atomic E-state index is 13.6. The van der Waals surface area contributed by atoms with Crippen molar-refractivity contribution < 1.29 is 28.7 Å². The van der Waals surface area contributed by atoms with Crippen LogP contribution in [0.4, 0.5) is 9.59 Å². The minimum absolute atomic E-state index is 0.0128. The molecule has 1 unspecified atom stereocenters. The highest BCUT2D eigenvalue weighted by Gasteiger charge is 2.40. The molecule has 3 aliphatic rings. The Morgan fingerprint density at radius 2 is 1.23 bits per heavy atom. The summed E-state index contributed by atoms with van der Waals surface area (Å²) in [5.41, 5.74) is 7.74. The van der Waals surface area contributed by atoms with Crippen molar-refractivity contribution in [2.75, 3.05) is 33.9 Å².